The van der Waals surface area contributed by atoms with Crippen molar-refractivity contribution in [3.8, 4) is 17.6 Å². The number of carbonyl (C=O) groups is 1. The third-order valence-corrected chi connectivity index (χ3v) is 3.68. The molecule has 1 aromatic carbocycles. The SMILES string of the molecule is CO/N=C(\F)c1cc(C#CCCCN2CCOC2=O)cc(C)c1OC. The molecule has 0 aromatic heterocycles. The van der Waals surface area contributed by atoms with Crippen molar-refractivity contribution in [2.45, 2.75) is 19.8 Å². The molecular formula is C18H21FN2O4. The monoisotopic (exact) mass is 348 g/mol. The van der Waals surface area contributed by atoms with Gasteiger partial charge in [-0.3, -0.25) is 0 Å². The molecule has 1 aliphatic rings. The van der Waals surface area contributed by atoms with E-state index in [-0.39, 0.29) is 11.7 Å². The van der Waals surface area contributed by atoms with Crippen molar-refractivity contribution in [1.29, 1.82) is 0 Å². The molecule has 1 fully saturated rings. The Morgan fingerprint density at radius 2 is 2.24 bits per heavy atom. The predicted octanol–water partition coefficient (Wildman–Crippen LogP) is 2.87. The molecule has 0 unspecified atom stereocenters. The molecule has 1 amide bonds. The van der Waals surface area contributed by atoms with Gasteiger partial charge in [-0.25, -0.2) is 4.79 Å². The van der Waals surface area contributed by atoms with Crippen molar-refractivity contribution < 1.29 is 23.5 Å². The first-order valence-electron chi connectivity index (χ1n) is 7.93. The van der Waals surface area contributed by atoms with Gasteiger partial charge in [-0.2, -0.15) is 4.39 Å². The zero-order valence-corrected chi connectivity index (χ0v) is 14.6. The van der Waals surface area contributed by atoms with E-state index in [9.17, 15) is 9.18 Å². The number of unbranched alkanes of at least 4 members (excludes halogenated alkanes) is 1. The van der Waals surface area contributed by atoms with E-state index in [0.717, 1.165) is 12.0 Å². The van der Waals surface area contributed by atoms with Crippen LogP contribution >= 0.6 is 0 Å². The Morgan fingerprint density at radius 1 is 1.44 bits per heavy atom. The third-order valence-electron chi connectivity index (χ3n) is 3.68. The van der Waals surface area contributed by atoms with Gasteiger partial charge in [0.05, 0.1) is 19.2 Å². The largest absolute Gasteiger partial charge is 0.496 e. The molecule has 1 aromatic rings. The summed E-state index contributed by atoms with van der Waals surface area (Å²) in [5.74, 6) is 5.68. The van der Waals surface area contributed by atoms with Crippen LogP contribution in [0.2, 0.25) is 0 Å². The summed E-state index contributed by atoms with van der Waals surface area (Å²) < 4.78 is 24.1. The molecule has 0 spiro atoms. The predicted molar refractivity (Wildman–Crippen MR) is 91.4 cm³/mol. The van der Waals surface area contributed by atoms with E-state index in [1.807, 2.05) is 13.0 Å². The summed E-state index contributed by atoms with van der Waals surface area (Å²) in [6.45, 7) is 3.51. The first-order chi connectivity index (χ1) is 12.1. The lowest BCUT2D eigenvalue weighted by molar-refractivity contribution is 0.158. The van der Waals surface area contributed by atoms with Gasteiger partial charge in [0.15, 0.2) is 0 Å². The molecule has 7 heteroatoms. The van der Waals surface area contributed by atoms with Gasteiger partial charge in [-0.05, 0) is 31.0 Å². The summed E-state index contributed by atoms with van der Waals surface area (Å²) in [7, 11) is 2.75. The zero-order valence-electron chi connectivity index (χ0n) is 14.6. The van der Waals surface area contributed by atoms with Crippen molar-refractivity contribution >= 4 is 12.1 Å². The van der Waals surface area contributed by atoms with Crippen LogP contribution in [0.3, 0.4) is 0 Å². The molecule has 1 saturated heterocycles. The van der Waals surface area contributed by atoms with Crippen LogP contribution in [0, 0.1) is 18.8 Å². The van der Waals surface area contributed by atoms with Crippen molar-refractivity contribution in [2.75, 3.05) is 33.9 Å². The van der Waals surface area contributed by atoms with Crippen LogP contribution in [-0.4, -0.2) is 50.9 Å². The molecule has 0 atom stereocenters. The van der Waals surface area contributed by atoms with Crippen LogP contribution in [0.15, 0.2) is 17.3 Å². The topological polar surface area (TPSA) is 60.4 Å². The van der Waals surface area contributed by atoms with E-state index in [4.69, 9.17) is 9.47 Å². The van der Waals surface area contributed by atoms with Gasteiger partial charge in [0.2, 0.25) is 0 Å². The number of carbonyl (C=O) groups excluding carboxylic acids is 1. The highest BCUT2D eigenvalue weighted by Crippen LogP contribution is 2.26. The molecule has 2 rings (SSSR count). The average Bonchev–Trinajstić information content (AvgIpc) is 2.99. The Morgan fingerprint density at radius 3 is 2.88 bits per heavy atom. The highest BCUT2D eigenvalue weighted by Gasteiger charge is 2.20. The van der Waals surface area contributed by atoms with Gasteiger partial charge in [0.25, 0.3) is 5.97 Å². The molecular weight excluding hydrogens is 327 g/mol. The second-order valence-corrected chi connectivity index (χ2v) is 5.45. The van der Waals surface area contributed by atoms with Gasteiger partial charge >= 0.3 is 6.09 Å². The number of oxime groups is 1. The molecule has 134 valence electrons. The highest BCUT2D eigenvalue weighted by atomic mass is 19.1. The zero-order chi connectivity index (χ0) is 18.2. The second-order valence-electron chi connectivity index (χ2n) is 5.45. The minimum Gasteiger partial charge on any atom is -0.496 e. The Balaban J connectivity index is 2.04. The van der Waals surface area contributed by atoms with Gasteiger partial charge in [0.1, 0.15) is 19.5 Å². The summed E-state index contributed by atoms with van der Waals surface area (Å²) in [6, 6.07) is 3.40. The van der Waals surface area contributed by atoms with Crippen LogP contribution in [0.1, 0.15) is 29.5 Å². The summed E-state index contributed by atoms with van der Waals surface area (Å²) in [6.07, 6.45) is 1.11. The Kier molecular flexibility index (Phi) is 6.63. The molecule has 6 nitrogen and oxygen atoms in total. The molecule has 0 radical (unpaired) electrons. The highest BCUT2D eigenvalue weighted by molar-refractivity contribution is 5.96. The van der Waals surface area contributed by atoms with E-state index in [1.165, 1.54) is 14.2 Å². The maximum absolute atomic E-state index is 14.0. The second kappa shape index (κ2) is 8.92. The lowest BCUT2D eigenvalue weighted by atomic mass is 10.0. The molecule has 0 bridgehead atoms. The normalized spacial score (nSPS) is 14.0. The maximum atomic E-state index is 14.0. The number of methoxy groups -OCH3 is 1. The first kappa shape index (κ1) is 18.6. The number of halogens is 1. The van der Waals surface area contributed by atoms with Crippen molar-refractivity contribution in [2.24, 2.45) is 5.16 Å². The Bertz CT molecular complexity index is 722. The summed E-state index contributed by atoms with van der Waals surface area (Å²) in [5.41, 5.74) is 1.62. The Labute approximate surface area is 146 Å². The maximum Gasteiger partial charge on any atom is 0.409 e. The minimum absolute atomic E-state index is 0.202. The van der Waals surface area contributed by atoms with Gasteiger partial charge in [-0.1, -0.05) is 17.0 Å². The lowest BCUT2D eigenvalue weighted by Crippen LogP contribution is -2.25. The van der Waals surface area contributed by atoms with E-state index in [0.29, 0.717) is 37.4 Å². The number of benzene rings is 1. The van der Waals surface area contributed by atoms with E-state index in [1.54, 1.807) is 11.0 Å². The van der Waals surface area contributed by atoms with Crippen molar-refractivity contribution in [3.63, 3.8) is 0 Å². The Hall–Kier alpha value is -2.75. The number of amides is 1. The van der Waals surface area contributed by atoms with Gasteiger partial charge < -0.3 is 19.2 Å². The van der Waals surface area contributed by atoms with Gasteiger partial charge in [-0.15, -0.1) is 0 Å². The molecule has 1 heterocycles. The number of cyclic esters (lactones) is 1. The third kappa shape index (κ3) is 4.86. The van der Waals surface area contributed by atoms with Crippen LogP contribution < -0.4 is 4.74 Å². The van der Waals surface area contributed by atoms with E-state index < -0.39 is 5.97 Å². The van der Waals surface area contributed by atoms with Crippen molar-refractivity contribution in [1.82, 2.24) is 4.90 Å². The number of rotatable bonds is 6. The molecule has 25 heavy (non-hydrogen) atoms. The van der Waals surface area contributed by atoms with E-state index in [2.05, 4.69) is 21.8 Å². The average molecular weight is 348 g/mol. The number of hydrogen-bond donors (Lipinski definition) is 0. The fourth-order valence-corrected chi connectivity index (χ4v) is 2.55. The van der Waals surface area contributed by atoms with Crippen LogP contribution in [0.5, 0.6) is 5.75 Å². The van der Waals surface area contributed by atoms with Crippen LogP contribution in [-0.2, 0) is 9.57 Å². The number of nitrogens with zero attached hydrogens (tertiary/aromatic N) is 2. The van der Waals surface area contributed by atoms with Crippen molar-refractivity contribution in [3.05, 3.63) is 28.8 Å². The molecule has 0 aliphatic carbocycles. The minimum atomic E-state index is -0.765. The molecule has 1 aliphatic heterocycles. The number of hydrogen-bond acceptors (Lipinski definition) is 5. The number of ether oxygens (including phenoxy) is 2. The quantitative estimate of drug-likeness (QED) is 0.343. The van der Waals surface area contributed by atoms with E-state index >= 15 is 0 Å². The summed E-state index contributed by atoms with van der Waals surface area (Å²) in [4.78, 5) is 17.5. The van der Waals surface area contributed by atoms with Crippen LogP contribution in [0.4, 0.5) is 9.18 Å². The number of aryl methyl sites for hydroxylation is 1. The lowest BCUT2D eigenvalue weighted by Gasteiger charge is -2.10. The standard InChI is InChI=1S/C18H21FN2O4/c1-13-11-14(12-15(16(13)23-2)17(19)20-24-3)7-5-4-6-8-21-9-10-25-18(21)22/h11-12H,4,6,8-10H2,1-3H3/b20-17-. The fourth-order valence-electron chi connectivity index (χ4n) is 2.55. The fraction of sp³-hybridized carbons (Fsp3) is 0.444. The first-order valence-corrected chi connectivity index (χ1v) is 7.93. The van der Waals surface area contributed by atoms with Crippen LogP contribution in [0.25, 0.3) is 0 Å². The molecule has 0 saturated carbocycles. The summed E-state index contributed by atoms with van der Waals surface area (Å²) in [5, 5.41) is 3.32. The summed E-state index contributed by atoms with van der Waals surface area (Å²) >= 11 is 0. The smallest absolute Gasteiger partial charge is 0.409 e. The van der Waals surface area contributed by atoms with Gasteiger partial charge in [0, 0.05) is 18.5 Å². The molecule has 0 N–H and O–H groups in total.